The van der Waals surface area contributed by atoms with Crippen molar-refractivity contribution in [2.45, 2.75) is 13.8 Å². The Morgan fingerprint density at radius 3 is 2.77 bits per heavy atom. The van der Waals surface area contributed by atoms with Crippen LogP contribution < -0.4 is 4.90 Å². The van der Waals surface area contributed by atoms with E-state index < -0.39 is 0 Å². The van der Waals surface area contributed by atoms with Crippen molar-refractivity contribution in [2.75, 3.05) is 11.4 Å². The van der Waals surface area contributed by atoms with Crippen molar-refractivity contribution < 1.29 is 9.18 Å². The van der Waals surface area contributed by atoms with Crippen LogP contribution in [0.25, 0.3) is 10.9 Å². The minimum Gasteiger partial charge on any atom is -0.360 e. The lowest BCUT2D eigenvalue weighted by molar-refractivity contribution is 0.0990. The molecule has 2 aromatic carbocycles. The first-order valence-corrected chi connectivity index (χ1v) is 7.25. The second-order valence-electron chi connectivity index (χ2n) is 5.28. The maximum absolute atomic E-state index is 13.5. The molecule has 3 rings (SSSR count). The van der Waals surface area contributed by atoms with Crippen LogP contribution >= 0.6 is 0 Å². The van der Waals surface area contributed by atoms with E-state index in [9.17, 15) is 9.18 Å². The first kappa shape index (κ1) is 14.3. The molecule has 0 saturated heterocycles. The van der Waals surface area contributed by atoms with Gasteiger partial charge in [-0.1, -0.05) is 12.1 Å². The number of aromatic nitrogens is 1. The molecule has 3 aromatic rings. The van der Waals surface area contributed by atoms with Crippen molar-refractivity contribution in [1.29, 1.82) is 0 Å². The van der Waals surface area contributed by atoms with Crippen molar-refractivity contribution in [3.63, 3.8) is 0 Å². The smallest absolute Gasteiger partial charge is 0.260 e. The monoisotopic (exact) mass is 296 g/mol. The predicted octanol–water partition coefficient (Wildman–Crippen LogP) is 4.28. The van der Waals surface area contributed by atoms with Crippen LogP contribution in [0.2, 0.25) is 0 Å². The topological polar surface area (TPSA) is 36.1 Å². The number of benzene rings is 2. The number of aryl methyl sites for hydroxylation is 1. The van der Waals surface area contributed by atoms with E-state index in [2.05, 4.69) is 4.98 Å². The molecule has 1 aromatic heterocycles. The van der Waals surface area contributed by atoms with E-state index in [1.807, 2.05) is 38.1 Å². The fraction of sp³-hybridized carbons (Fsp3) is 0.167. The number of halogens is 1. The third-order valence-electron chi connectivity index (χ3n) is 3.75. The number of carbonyl (C=O) groups is 1. The average Bonchev–Trinajstić information content (AvgIpc) is 2.91. The van der Waals surface area contributed by atoms with Gasteiger partial charge >= 0.3 is 0 Å². The molecule has 22 heavy (non-hydrogen) atoms. The Kier molecular flexibility index (Phi) is 3.67. The number of aromatic amines is 1. The number of carbonyl (C=O) groups excluding carboxylic acids is 1. The van der Waals surface area contributed by atoms with Crippen molar-refractivity contribution in [2.24, 2.45) is 0 Å². The van der Waals surface area contributed by atoms with Crippen LogP contribution in [0, 0.1) is 12.7 Å². The highest BCUT2D eigenvalue weighted by molar-refractivity contribution is 6.14. The molecule has 0 saturated carbocycles. The number of H-pyrrole nitrogens is 1. The number of hydrogen-bond donors (Lipinski definition) is 1. The van der Waals surface area contributed by atoms with Gasteiger partial charge in [-0.15, -0.1) is 0 Å². The highest BCUT2D eigenvalue weighted by Gasteiger charge is 2.19. The lowest BCUT2D eigenvalue weighted by atomic mass is 10.1. The summed E-state index contributed by atoms with van der Waals surface area (Å²) in [6, 6.07) is 12.2. The van der Waals surface area contributed by atoms with Crippen LogP contribution in [-0.2, 0) is 0 Å². The summed E-state index contributed by atoms with van der Waals surface area (Å²) in [5, 5.41) is 0.608. The molecule has 0 aliphatic heterocycles. The van der Waals surface area contributed by atoms with Gasteiger partial charge in [-0.25, -0.2) is 4.39 Å². The van der Waals surface area contributed by atoms with Crippen LogP contribution in [0.5, 0.6) is 0 Å². The molecule has 0 atom stereocenters. The zero-order valence-corrected chi connectivity index (χ0v) is 12.6. The van der Waals surface area contributed by atoms with Crippen LogP contribution in [0.15, 0.2) is 48.7 Å². The highest BCUT2D eigenvalue weighted by Crippen LogP contribution is 2.24. The third kappa shape index (κ3) is 2.48. The van der Waals surface area contributed by atoms with Crippen molar-refractivity contribution in [3.05, 3.63) is 65.6 Å². The maximum Gasteiger partial charge on any atom is 0.260 e. The molecule has 0 spiro atoms. The molecular formula is C18H17FN2O. The number of nitrogens with zero attached hydrogens (tertiary/aromatic N) is 1. The van der Waals surface area contributed by atoms with Gasteiger partial charge in [0, 0.05) is 29.3 Å². The van der Waals surface area contributed by atoms with Crippen LogP contribution in [0.3, 0.4) is 0 Å². The molecule has 1 N–H and O–H groups in total. The highest BCUT2D eigenvalue weighted by atomic mass is 19.1. The molecule has 0 aliphatic carbocycles. The normalized spacial score (nSPS) is 10.9. The van der Waals surface area contributed by atoms with E-state index in [1.165, 1.54) is 12.1 Å². The fourth-order valence-corrected chi connectivity index (χ4v) is 2.65. The largest absolute Gasteiger partial charge is 0.360 e. The number of amides is 1. The van der Waals surface area contributed by atoms with Gasteiger partial charge in [0.2, 0.25) is 0 Å². The summed E-state index contributed by atoms with van der Waals surface area (Å²) in [6.07, 6.45) is 1.64. The minimum absolute atomic E-state index is 0.134. The molecular weight excluding hydrogens is 279 g/mol. The molecule has 0 aliphatic rings. The number of rotatable bonds is 3. The number of anilines is 1. The quantitative estimate of drug-likeness (QED) is 0.769. The zero-order chi connectivity index (χ0) is 15.7. The second-order valence-corrected chi connectivity index (χ2v) is 5.28. The van der Waals surface area contributed by atoms with Crippen LogP contribution in [0.1, 0.15) is 22.8 Å². The molecule has 0 radical (unpaired) electrons. The molecule has 1 heterocycles. The maximum atomic E-state index is 13.5. The van der Waals surface area contributed by atoms with Gasteiger partial charge in [-0.2, -0.15) is 0 Å². The SMILES string of the molecule is CCN(C(=O)c1c[nH]c2ccc(F)cc12)c1cccc(C)c1. The number of hydrogen-bond acceptors (Lipinski definition) is 1. The first-order chi connectivity index (χ1) is 10.6. The summed E-state index contributed by atoms with van der Waals surface area (Å²) in [5.41, 5.74) is 3.18. The molecule has 4 heteroatoms. The van der Waals surface area contributed by atoms with Crippen molar-refractivity contribution in [1.82, 2.24) is 4.98 Å². The fourth-order valence-electron chi connectivity index (χ4n) is 2.65. The van der Waals surface area contributed by atoms with Crippen molar-refractivity contribution in [3.8, 4) is 0 Å². The summed E-state index contributed by atoms with van der Waals surface area (Å²) in [7, 11) is 0. The average molecular weight is 296 g/mol. The van der Waals surface area contributed by atoms with Gasteiger partial charge in [-0.3, -0.25) is 4.79 Å². The summed E-state index contributed by atoms with van der Waals surface area (Å²) < 4.78 is 13.5. The van der Waals surface area contributed by atoms with Gasteiger partial charge in [0.25, 0.3) is 5.91 Å². The minimum atomic E-state index is -0.347. The molecule has 112 valence electrons. The predicted molar refractivity (Wildman–Crippen MR) is 86.8 cm³/mol. The third-order valence-corrected chi connectivity index (χ3v) is 3.75. The van der Waals surface area contributed by atoms with E-state index >= 15 is 0 Å². The molecule has 3 nitrogen and oxygen atoms in total. The number of fused-ring (bicyclic) bond motifs is 1. The molecule has 0 fully saturated rings. The summed E-state index contributed by atoms with van der Waals surface area (Å²) in [6.45, 7) is 4.46. The van der Waals surface area contributed by atoms with Crippen LogP contribution in [0.4, 0.5) is 10.1 Å². The Bertz CT molecular complexity index is 838. The lowest BCUT2D eigenvalue weighted by Crippen LogP contribution is -2.30. The Hall–Kier alpha value is -2.62. The van der Waals surface area contributed by atoms with Crippen LogP contribution in [-0.4, -0.2) is 17.4 Å². The summed E-state index contributed by atoms with van der Waals surface area (Å²) >= 11 is 0. The van der Waals surface area contributed by atoms with Gasteiger partial charge in [-0.05, 0) is 49.7 Å². The zero-order valence-electron chi connectivity index (χ0n) is 12.6. The van der Waals surface area contributed by atoms with Gasteiger partial charge in [0.05, 0.1) is 5.56 Å². The molecule has 1 amide bonds. The standard InChI is InChI=1S/C18H17FN2O/c1-3-21(14-6-4-5-12(2)9-14)18(22)16-11-20-17-8-7-13(19)10-15(16)17/h4-11,20H,3H2,1-2H3. The Balaban J connectivity index is 2.05. The van der Waals surface area contributed by atoms with Gasteiger partial charge in [0.1, 0.15) is 5.82 Å². The first-order valence-electron chi connectivity index (χ1n) is 7.25. The molecule has 0 unspecified atom stereocenters. The lowest BCUT2D eigenvalue weighted by Gasteiger charge is -2.21. The van der Waals surface area contributed by atoms with E-state index in [0.29, 0.717) is 17.5 Å². The van der Waals surface area contributed by atoms with E-state index in [-0.39, 0.29) is 11.7 Å². The van der Waals surface area contributed by atoms with E-state index in [4.69, 9.17) is 0 Å². The van der Waals surface area contributed by atoms with E-state index in [0.717, 1.165) is 16.8 Å². The Labute approximate surface area is 128 Å². The number of nitrogens with one attached hydrogen (secondary N) is 1. The van der Waals surface area contributed by atoms with E-state index in [1.54, 1.807) is 17.2 Å². The molecule has 0 bridgehead atoms. The van der Waals surface area contributed by atoms with Gasteiger partial charge < -0.3 is 9.88 Å². The van der Waals surface area contributed by atoms with Crippen molar-refractivity contribution >= 4 is 22.5 Å². The Morgan fingerprint density at radius 2 is 2.05 bits per heavy atom. The summed E-state index contributed by atoms with van der Waals surface area (Å²) in [5.74, 6) is -0.482. The second kappa shape index (κ2) is 5.64. The van der Waals surface area contributed by atoms with Gasteiger partial charge in [0.15, 0.2) is 0 Å². The summed E-state index contributed by atoms with van der Waals surface area (Å²) in [4.78, 5) is 17.6. The Morgan fingerprint density at radius 1 is 1.23 bits per heavy atom.